The van der Waals surface area contributed by atoms with Gasteiger partial charge in [0.15, 0.2) is 0 Å². The van der Waals surface area contributed by atoms with Crippen molar-refractivity contribution in [1.82, 2.24) is 4.98 Å². The monoisotopic (exact) mass is 275 g/mol. The van der Waals surface area contributed by atoms with Gasteiger partial charge in [0.25, 0.3) is 5.91 Å². The van der Waals surface area contributed by atoms with Gasteiger partial charge in [-0.15, -0.1) is 0 Å². The molecule has 5 heteroatoms. The molecular formula is C14H14ClN3O. The molecule has 0 fully saturated rings. The second-order valence-corrected chi connectivity index (χ2v) is 4.49. The summed E-state index contributed by atoms with van der Waals surface area (Å²) in [5.41, 5.74) is 7.16. The van der Waals surface area contributed by atoms with Crippen molar-refractivity contribution in [3.8, 4) is 0 Å². The molecular weight excluding hydrogens is 262 g/mol. The Morgan fingerprint density at radius 2 is 2.00 bits per heavy atom. The lowest BCUT2D eigenvalue weighted by atomic mass is 10.1. The third-order valence-electron chi connectivity index (χ3n) is 2.61. The van der Waals surface area contributed by atoms with Crippen LogP contribution in [0.3, 0.4) is 0 Å². The summed E-state index contributed by atoms with van der Waals surface area (Å²) >= 11 is 5.83. The highest BCUT2D eigenvalue weighted by Crippen LogP contribution is 2.13. The minimum atomic E-state index is -0.214. The van der Waals surface area contributed by atoms with Crippen LogP contribution in [0.5, 0.6) is 0 Å². The lowest BCUT2D eigenvalue weighted by molar-refractivity contribution is 0.102. The summed E-state index contributed by atoms with van der Waals surface area (Å²) in [6, 6.07) is 10.6. The zero-order chi connectivity index (χ0) is 13.7. The number of nitrogens with zero attached hydrogens (tertiary/aromatic N) is 1. The minimum absolute atomic E-state index is 0.214. The molecule has 1 aromatic carbocycles. The fraction of sp³-hybridized carbons (Fsp3) is 0.143. The molecule has 0 saturated carbocycles. The van der Waals surface area contributed by atoms with E-state index in [1.54, 1.807) is 30.5 Å². The molecule has 19 heavy (non-hydrogen) atoms. The van der Waals surface area contributed by atoms with Crippen LogP contribution in [0.1, 0.15) is 15.9 Å². The molecule has 0 aliphatic carbocycles. The lowest BCUT2D eigenvalue weighted by Crippen LogP contribution is -2.13. The number of benzene rings is 1. The predicted octanol–water partition coefficient (Wildman–Crippen LogP) is 2.49. The highest BCUT2D eigenvalue weighted by molar-refractivity contribution is 6.30. The Morgan fingerprint density at radius 3 is 2.63 bits per heavy atom. The molecule has 1 aromatic heterocycles. The Bertz CT molecular complexity index is 569. The highest BCUT2D eigenvalue weighted by atomic mass is 35.5. The van der Waals surface area contributed by atoms with Crippen molar-refractivity contribution in [3.05, 3.63) is 58.7 Å². The van der Waals surface area contributed by atoms with Crippen molar-refractivity contribution in [2.45, 2.75) is 6.42 Å². The van der Waals surface area contributed by atoms with Crippen LogP contribution in [0.25, 0.3) is 0 Å². The van der Waals surface area contributed by atoms with E-state index in [1.165, 1.54) is 0 Å². The van der Waals surface area contributed by atoms with Crippen LogP contribution >= 0.6 is 11.6 Å². The first kappa shape index (κ1) is 13.5. The highest BCUT2D eigenvalue weighted by Gasteiger charge is 2.06. The quantitative estimate of drug-likeness (QED) is 0.901. The molecule has 1 amide bonds. The summed E-state index contributed by atoms with van der Waals surface area (Å²) in [7, 11) is 0. The number of carbonyl (C=O) groups excluding carboxylic acids is 1. The first-order valence-corrected chi connectivity index (χ1v) is 6.29. The summed E-state index contributed by atoms with van der Waals surface area (Å²) in [5.74, 6) is 0.220. The number of amides is 1. The number of nitrogens with two attached hydrogens (primary N) is 1. The number of pyridine rings is 1. The third-order valence-corrected chi connectivity index (χ3v) is 2.85. The number of halogens is 1. The van der Waals surface area contributed by atoms with Crippen LogP contribution in [-0.2, 0) is 6.42 Å². The molecule has 0 aliphatic heterocycles. The van der Waals surface area contributed by atoms with E-state index < -0.39 is 0 Å². The van der Waals surface area contributed by atoms with E-state index >= 15 is 0 Å². The van der Waals surface area contributed by atoms with Crippen LogP contribution < -0.4 is 11.1 Å². The zero-order valence-corrected chi connectivity index (χ0v) is 11.0. The molecule has 0 spiro atoms. The normalized spacial score (nSPS) is 10.2. The fourth-order valence-corrected chi connectivity index (χ4v) is 1.81. The molecule has 2 aromatic rings. The minimum Gasteiger partial charge on any atom is -0.330 e. The summed E-state index contributed by atoms with van der Waals surface area (Å²) in [6.07, 6.45) is 2.35. The largest absolute Gasteiger partial charge is 0.330 e. The standard InChI is InChI=1S/C14H14ClN3O/c15-12-6-8-17-13(9-12)18-14(19)11-3-1-10(2-4-11)5-7-16/h1-4,6,8-9H,5,7,16H2,(H,17,18,19). The average molecular weight is 276 g/mol. The van der Waals surface area contributed by atoms with Crippen molar-refractivity contribution in [3.63, 3.8) is 0 Å². The van der Waals surface area contributed by atoms with Crippen molar-refractivity contribution in [1.29, 1.82) is 0 Å². The van der Waals surface area contributed by atoms with E-state index in [9.17, 15) is 4.79 Å². The van der Waals surface area contributed by atoms with E-state index in [0.717, 1.165) is 12.0 Å². The predicted molar refractivity (Wildman–Crippen MR) is 76.4 cm³/mol. The Morgan fingerprint density at radius 1 is 1.26 bits per heavy atom. The van der Waals surface area contributed by atoms with Gasteiger partial charge in [-0.3, -0.25) is 4.79 Å². The third kappa shape index (κ3) is 3.77. The van der Waals surface area contributed by atoms with E-state index in [-0.39, 0.29) is 5.91 Å². The van der Waals surface area contributed by atoms with Crippen molar-refractivity contribution in [2.75, 3.05) is 11.9 Å². The maximum Gasteiger partial charge on any atom is 0.256 e. The molecule has 0 aliphatic rings. The molecule has 0 bridgehead atoms. The number of hydrogen-bond donors (Lipinski definition) is 2. The number of carbonyl (C=O) groups is 1. The van der Waals surface area contributed by atoms with Gasteiger partial charge in [0.05, 0.1) is 0 Å². The molecule has 0 saturated heterocycles. The van der Waals surface area contributed by atoms with Gasteiger partial charge in [-0.05, 0) is 42.8 Å². The summed E-state index contributed by atoms with van der Waals surface area (Å²) in [6.45, 7) is 0.595. The van der Waals surface area contributed by atoms with Crippen molar-refractivity contribution in [2.24, 2.45) is 5.73 Å². The first-order valence-electron chi connectivity index (χ1n) is 5.91. The molecule has 0 radical (unpaired) electrons. The molecule has 3 N–H and O–H groups in total. The first-order chi connectivity index (χ1) is 9.19. The van der Waals surface area contributed by atoms with E-state index in [2.05, 4.69) is 10.3 Å². The molecule has 0 atom stereocenters. The van der Waals surface area contributed by atoms with Crippen molar-refractivity contribution < 1.29 is 4.79 Å². The number of nitrogens with one attached hydrogen (secondary N) is 1. The number of hydrogen-bond acceptors (Lipinski definition) is 3. The topological polar surface area (TPSA) is 68.0 Å². The number of anilines is 1. The van der Waals surface area contributed by atoms with Gasteiger partial charge in [-0.25, -0.2) is 4.98 Å². The van der Waals surface area contributed by atoms with Crippen molar-refractivity contribution >= 4 is 23.3 Å². The average Bonchev–Trinajstić information content (AvgIpc) is 2.40. The van der Waals surface area contributed by atoms with Gasteiger partial charge in [-0.2, -0.15) is 0 Å². The molecule has 4 nitrogen and oxygen atoms in total. The SMILES string of the molecule is NCCc1ccc(C(=O)Nc2cc(Cl)ccn2)cc1. The van der Waals surface area contributed by atoms with E-state index in [1.807, 2.05) is 12.1 Å². The van der Waals surface area contributed by atoms with Gasteiger partial charge in [0, 0.05) is 16.8 Å². The van der Waals surface area contributed by atoms with Gasteiger partial charge in [0.2, 0.25) is 0 Å². The maximum atomic E-state index is 12.0. The molecule has 98 valence electrons. The van der Waals surface area contributed by atoms with E-state index in [0.29, 0.717) is 22.9 Å². The Hall–Kier alpha value is -1.91. The van der Waals surface area contributed by atoms with Crippen LogP contribution in [0.2, 0.25) is 5.02 Å². The second kappa shape index (κ2) is 6.31. The lowest BCUT2D eigenvalue weighted by Gasteiger charge is -2.05. The summed E-state index contributed by atoms with van der Waals surface area (Å²) in [4.78, 5) is 16.0. The van der Waals surface area contributed by atoms with Crippen LogP contribution in [0.4, 0.5) is 5.82 Å². The van der Waals surface area contributed by atoms with Gasteiger partial charge >= 0.3 is 0 Å². The molecule has 1 heterocycles. The smallest absolute Gasteiger partial charge is 0.256 e. The fourth-order valence-electron chi connectivity index (χ4n) is 1.65. The van der Waals surface area contributed by atoms with Gasteiger partial charge in [-0.1, -0.05) is 23.7 Å². The summed E-state index contributed by atoms with van der Waals surface area (Å²) < 4.78 is 0. The van der Waals surface area contributed by atoms with Gasteiger partial charge in [0.1, 0.15) is 5.82 Å². The Balaban J connectivity index is 2.07. The number of aromatic nitrogens is 1. The Labute approximate surface area is 116 Å². The van der Waals surface area contributed by atoms with Crippen LogP contribution in [0.15, 0.2) is 42.6 Å². The molecule has 2 rings (SSSR count). The molecule has 0 unspecified atom stereocenters. The number of rotatable bonds is 4. The zero-order valence-electron chi connectivity index (χ0n) is 10.3. The summed E-state index contributed by atoms with van der Waals surface area (Å²) in [5, 5.41) is 3.22. The van der Waals surface area contributed by atoms with E-state index in [4.69, 9.17) is 17.3 Å². The maximum absolute atomic E-state index is 12.0. The Kier molecular flexibility index (Phi) is 4.49. The van der Waals surface area contributed by atoms with Gasteiger partial charge < -0.3 is 11.1 Å². The second-order valence-electron chi connectivity index (χ2n) is 4.05. The van der Waals surface area contributed by atoms with Crippen LogP contribution in [0, 0.1) is 0 Å². The van der Waals surface area contributed by atoms with Crippen LogP contribution in [-0.4, -0.2) is 17.4 Å².